The van der Waals surface area contributed by atoms with Crippen LogP contribution in [0.1, 0.15) is 31.8 Å². The Hall–Kier alpha value is -2.14. The van der Waals surface area contributed by atoms with Gasteiger partial charge in [-0.2, -0.15) is 0 Å². The molecule has 0 radical (unpaired) electrons. The summed E-state index contributed by atoms with van der Waals surface area (Å²) in [5, 5.41) is 18.9. The summed E-state index contributed by atoms with van der Waals surface area (Å²) in [6, 6.07) is 1.60. The fourth-order valence-electron chi connectivity index (χ4n) is 2.52. The summed E-state index contributed by atoms with van der Waals surface area (Å²) >= 11 is 0. The van der Waals surface area contributed by atoms with Gasteiger partial charge in [-0.25, -0.2) is 4.79 Å². The standard InChI is InChI=1S/C14H15NO4/c1-8-5-11(14(18)19)9(2)12-10(7-17)6-15(3-4-16)13(8)12/h5-7,16H,3-4H2,1-2H3,(H,18,19). The van der Waals surface area contributed by atoms with Crippen LogP contribution in [0.25, 0.3) is 10.9 Å². The Kier molecular flexibility index (Phi) is 3.40. The first-order valence-corrected chi connectivity index (χ1v) is 5.93. The van der Waals surface area contributed by atoms with Crippen LogP contribution in [0.15, 0.2) is 12.3 Å². The lowest BCUT2D eigenvalue weighted by Crippen LogP contribution is -2.04. The van der Waals surface area contributed by atoms with E-state index >= 15 is 0 Å². The molecule has 19 heavy (non-hydrogen) atoms. The van der Waals surface area contributed by atoms with Crippen LogP contribution in [0.4, 0.5) is 0 Å². The number of aryl methyl sites for hydroxylation is 2. The number of aromatic nitrogens is 1. The SMILES string of the molecule is Cc1c(C(=O)O)cc(C)c2c1c(C=O)cn2CCO. The van der Waals surface area contributed by atoms with Crippen molar-refractivity contribution in [3.63, 3.8) is 0 Å². The number of aliphatic hydroxyl groups is 1. The maximum atomic E-state index is 11.2. The number of carbonyl (C=O) groups excluding carboxylic acids is 1. The quantitative estimate of drug-likeness (QED) is 0.822. The lowest BCUT2D eigenvalue weighted by Gasteiger charge is -2.09. The van der Waals surface area contributed by atoms with Crippen molar-refractivity contribution >= 4 is 23.2 Å². The van der Waals surface area contributed by atoms with Gasteiger partial charge >= 0.3 is 5.97 Å². The van der Waals surface area contributed by atoms with E-state index in [1.54, 1.807) is 30.7 Å². The molecule has 1 aromatic heterocycles. The zero-order chi connectivity index (χ0) is 14.2. The number of aldehydes is 1. The molecule has 0 fully saturated rings. The number of benzene rings is 1. The molecule has 0 saturated heterocycles. The maximum absolute atomic E-state index is 11.2. The zero-order valence-electron chi connectivity index (χ0n) is 10.8. The van der Waals surface area contributed by atoms with Crippen molar-refractivity contribution in [2.45, 2.75) is 20.4 Å². The van der Waals surface area contributed by atoms with Gasteiger partial charge < -0.3 is 14.8 Å². The van der Waals surface area contributed by atoms with Crippen molar-refractivity contribution < 1.29 is 19.8 Å². The predicted molar refractivity (Wildman–Crippen MR) is 70.8 cm³/mol. The number of fused-ring (bicyclic) bond motifs is 1. The summed E-state index contributed by atoms with van der Waals surface area (Å²) < 4.78 is 1.78. The van der Waals surface area contributed by atoms with E-state index in [2.05, 4.69) is 0 Å². The Balaban J connectivity index is 2.90. The molecule has 0 spiro atoms. The summed E-state index contributed by atoms with van der Waals surface area (Å²) in [5.41, 5.74) is 2.81. The maximum Gasteiger partial charge on any atom is 0.335 e. The molecule has 100 valence electrons. The van der Waals surface area contributed by atoms with Crippen LogP contribution in [0, 0.1) is 13.8 Å². The van der Waals surface area contributed by atoms with E-state index in [4.69, 9.17) is 5.11 Å². The minimum absolute atomic E-state index is 0.0404. The van der Waals surface area contributed by atoms with E-state index in [1.165, 1.54) is 0 Å². The second-order valence-corrected chi connectivity index (χ2v) is 4.51. The number of rotatable bonds is 4. The molecule has 1 aromatic carbocycles. The van der Waals surface area contributed by atoms with Gasteiger partial charge in [-0.15, -0.1) is 0 Å². The second kappa shape index (κ2) is 4.85. The van der Waals surface area contributed by atoms with Crippen LogP contribution in [0.5, 0.6) is 0 Å². The Bertz CT molecular complexity index is 670. The number of carboxylic acids is 1. The molecule has 2 N–H and O–H groups in total. The molecule has 0 aliphatic rings. The van der Waals surface area contributed by atoms with Crippen molar-refractivity contribution in [1.82, 2.24) is 4.57 Å². The Morgan fingerprint density at radius 2 is 2.11 bits per heavy atom. The van der Waals surface area contributed by atoms with Gasteiger partial charge in [0.1, 0.15) is 0 Å². The highest BCUT2D eigenvalue weighted by atomic mass is 16.4. The highest BCUT2D eigenvalue weighted by molar-refractivity contribution is 6.05. The average molecular weight is 261 g/mol. The molecule has 0 bridgehead atoms. The van der Waals surface area contributed by atoms with Crippen molar-refractivity contribution in [3.05, 3.63) is 34.5 Å². The highest BCUT2D eigenvalue weighted by Crippen LogP contribution is 2.29. The fourth-order valence-corrected chi connectivity index (χ4v) is 2.52. The van der Waals surface area contributed by atoms with Gasteiger partial charge in [0.05, 0.1) is 17.7 Å². The molecular weight excluding hydrogens is 246 g/mol. The summed E-state index contributed by atoms with van der Waals surface area (Å²) in [6.07, 6.45) is 2.37. The smallest absolute Gasteiger partial charge is 0.335 e. The fraction of sp³-hybridized carbons (Fsp3) is 0.286. The third kappa shape index (κ3) is 2.02. The van der Waals surface area contributed by atoms with E-state index in [0.717, 1.165) is 11.1 Å². The minimum atomic E-state index is -1.01. The van der Waals surface area contributed by atoms with Gasteiger partial charge in [-0.1, -0.05) is 0 Å². The lowest BCUT2D eigenvalue weighted by molar-refractivity contribution is 0.0696. The summed E-state index contributed by atoms with van der Waals surface area (Å²) in [5.74, 6) is -1.01. The molecule has 0 amide bonds. The van der Waals surface area contributed by atoms with Crippen molar-refractivity contribution in [2.24, 2.45) is 0 Å². The third-order valence-electron chi connectivity index (χ3n) is 3.32. The Morgan fingerprint density at radius 1 is 1.42 bits per heavy atom. The monoisotopic (exact) mass is 261 g/mol. The molecule has 5 nitrogen and oxygen atoms in total. The van der Waals surface area contributed by atoms with Crippen LogP contribution >= 0.6 is 0 Å². The van der Waals surface area contributed by atoms with E-state index < -0.39 is 5.97 Å². The Morgan fingerprint density at radius 3 is 2.63 bits per heavy atom. The van der Waals surface area contributed by atoms with Crippen LogP contribution in [-0.2, 0) is 6.54 Å². The van der Waals surface area contributed by atoms with Gasteiger partial charge in [0.15, 0.2) is 6.29 Å². The van der Waals surface area contributed by atoms with Gasteiger partial charge in [-0.3, -0.25) is 4.79 Å². The lowest BCUT2D eigenvalue weighted by atomic mass is 9.98. The molecule has 5 heteroatoms. The molecule has 0 unspecified atom stereocenters. The third-order valence-corrected chi connectivity index (χ3v) is 3.32. The number of nitrogens with zero attached hydrogens (tertiary/aromatic N) is 1. The molecule has 0 saturated carbocycles. The van der Waals surface area contributed by atoms with E-state index in [9.17, 15) is 14.7 Å². The van der Waals surface area contributed by atoms with Gasteiger partial charge in [-0.05, 0) is 31.0 Å². The van der Waals surface area contributed by atoms with Crippen molar-refractivity contribution in [1.29, 1.82) is 0 Å². The second-order valence-electron chi connectivity index (χ2n) is 4.51. The van der Waals surface area contributed by atoms with Gasteiger partial charge in [0.2, 0.25) is 0 Å². The van der Waals surface area contributed by atoms with Crippen molar-refractivity contribution in [2.75, 3.05) is 6.61 Å². The minimum Gasteiger partial charge on any atom is -0.478 e. The topological polar surface area (TPSA) is 79.5 Å². The van der Waals surface area contributed by atoms with Crippen LogP contribution in [0.2, 0.25) is 0 Å². The molecule has 0 aliphatic carbocycles. The van der Waals surface area contributed by atoms with Crippen molar-refractivity contribution in [3.8, 4) is 0 Å². The molecule has 0 atom stereocenters. The number of aliphatic hydroxyl groups excluding tert-OH is 1. The summed E-state index contributed by atoms with van der Waals surface area (Å²) in [6.45, 7) is 3.83. The first-order valence-electron chi connectivity index (χ1n) is 5.93. The number of carbonyl (C=O) groups is 2. The largest absolute Gasteiger partial charge is 0.478 e. The van der Waals surface area contributed by atoms with Crippen LogP contribution < -0.4 is 0 Å². The zero-order valence-corrected chi connectivity index (χ0v) is 10.8. The van der Waals surface area contributed by atoms with Crippen LogP contribution in [-0.4, -0.2) is 33.6 Å². The number of hydrogen-bond acceptors (Lipinski definition) is 3. The number of aromatic carboxylic acids is 1. The molecule has 1 heterocycles. The van der Waals surface area contributed by atoms with Gasteiger partial charge in [0, 0.05) is 23.7 Å². The molecular formula is C14H15NO4. The molecule has 0 aliphatic heterocycles. The van der Waals surface area contributed by atoms with E-state index in [0.29, 0.717) is 29.3 Å². The summed E-state index contributed by atoms with van der Waals surface area (Å²) in [7, 11) is 0. The molecule has 2 aromatic rings. The predicted octanol–water partition coefficient (Wildman–Crippen LogP) is 1.76. The first-order chi connectivity index (χ1) is 9.01. The Labute approximate surface area is 110 Å². The highest BCUT2D eigenvalue weighted by Gasteiger charge is 2.18. The average Bonchev–Trinajstić information content (AvgIpc) is 2.73. The first kappa shape index (κ1) is 13.3. The molecule has 2 rings (SSSR count). The normalized spacial score (nSPS) is 10.9. The van der Waals surface area contributed by atoms with E-state index in [1.807, 2.05) is 0 Å². The van der Waals surface area contributed by atoms with E-state index in [-0.39, 0.29) is 12.2 Å². The van der Waals surface area contributed by atoms with Crippen LogP contribution in [0.3, 0.4) is 0 Å². The summed E-state index contributed by atoms with van der Waals surface area (Å²) in [4.78, 5) is 22.4. The van der Waals surface area contributed by atoms with Gasteiger partial charge in [0.25, 0.3) is 0 Å². The number of carboxylic acid groups (broad SMARTS) is 1. The number of hydrogen-bond donors (Lipinski definition) is 2.